The van der Waals surface area contributed by atoms with E-state index in [-0.39, 0.29) is 0 Å². The second-order valence-corrected chi connectivity index (χ2v) is 6.52. The van der Waals surface area contributed by atoms with E-state index in [0.29, 0.717) is 11.5 Å². The average molecular weight is 257 g/mol. The van der Waals surface area contributed by atoms with Crippen LogP contribution in [-0.2, 0) is 5.41 Å². The molecular weight excluding hydrogens is 230 g/mol. The van der Waals surface area contributed by atoms with Crippen molar-refractivity contribution in [3.05, 3.63) is 35.9 Å². The lowest BCUT2D eigenvalue weighted by Crippen LogP contribution is -2.53. The van der Waals surface area contributed by atoms with Gasteiger partial charge in [-0.15, -0.1) is 0 Å². The van der Waals surface area contributed by atoms with Crippen molar-refractivity contribution in [2.75, 3.05) is 6.54 Å². The highest BCUT2D eigenvalue weighted by Gasteiger charge is 2.45. The van der Waals surface area contributed by atoms with Gasteiger partial charge in [0.2, 0.25) is 0 Å². The molecule has 1 aromatic carbocycles. The Kier molecular flexibility index (Phi) is 3.93. The van der Waals surface area contributed by atoms with Crippen molar-refractivity contribution in [3.8, 4) is 0 Å². The van der Waals surface area contributed by atoms with Crippen LogP contribution in [0.5, 0.6) is 0 Å². The van der Waals surface area contributed by atoms with Crippen molar-refractivity contribution in [1.29, 1.82) is 0 Å². The van der Waals surface area contributed by atoms with Crippen LogP contribution in [0.2, 0.25) is 0 Å². The fourth-order valence-corrected chi connectivity index (χ4v) is 3.98. The summed E-state index contributed by atoms with van der Waals surface area (Å²) in [6, 6.07) is 12.0. The summed E-state index contributed by atoms with van der Waals surface area (Å²) in [6.07, 6.45) is 9.94. The van der Waals surface area contributed by atoms with Gasteiger partial charge in [-0.3, -0.25) is 0 Å². The van der Waals surface area contributed by atoms with Crippen LogP contribution in [0, 0.1) is 5.92 Å². The highest BCUT2D eigenvalue weighted by atomic mass is 14.9. The van der Waals surface area contributed by atoms with E-state index < -0.39 is 0 Å². The molecule has 0 bridgehead atoms. The summed E-state index contributed by atoms with van der Waals surface area (Å²) in [5.41, 5.74) is 2.01. The maximum Gasteiger partial charge on any atom is 0.0166 e. The molecule has 1 unspecified atom stereocenters. The Balaban J connectivity index is 1.80. The number of nitrogens with one attached hydrogen (secondary N) is 1. The topological polar surface area (TPSA) is 12.0 Å². The van der Waals surface area contributed by atoms with Gasteiger partial charge in [-0.25, -0.2) is 0 Å². The molecule has 1 nitrogen and oxygen atoms in total. The number of hydrogen-bond donors (Lipinski definition) is 1. The largest absolute Gasteiger partial charge is 0.313 e. The first kappa shape index (κ1) is 13.2. The van der Waals surface area contributed by atoms with Gasteiger partial charge < -0.3 is 5.32 Å². The third kappa shape index (κ3) is 2.45. The van der Waals surface area contributed by atoms with Crippen LogP contribution in [0.3, 0.4) is 0 Å². The molecule has 0 heterocycles. The molecule has 1 atom stereocenters. The molecule has 1 aromatic rings. The summed E-state index contributed by atoms with van der Waals surface area (Å²) in [7, 11) is 0. The normalized spacial score (nSPS) is 23.4. The molecular formula is C18H27N. The Morgan fingerprint density at radius 2 is 1.89 bits per heavy atom. The van der Waals surface area contributed by atoms with E-state index in [1.165, 1.54) is 44.9 Å². The summed E-state index contributed by atoms with van der Waals surface area (Å²) in [4.78, 5) is 0. The van der Waals surface area contributed by atoms with Crippen LogP contribution >= 0.6 is 0 Å². The first-order valence-corrected chi connectivity index (χ1v) is 8.14. The van der Waals surface area contributed by atoms with Gasteiger partial charge >= 0.3 is 0 Å². The van der Waals surface area contributed by atoms with E-state index >= 15 is 0 Å². The van der Waals surface area contributed by atoms with Gasteiger partial charge in [-0.2, -0.15) is 0 Å². The van der Waals surface area contributed by atoms with E-state index in [4.69, 9.17) is 0 Å². The number of benzene rings is 1. The Hall–Kier alpha value is -0.820. The molecule has 19 heavy (non-hydrogen) atoms. The molecule has 0 aliphatic heterocycles. The molecule has 0 amide bonds. The minimum atomic E-state index is 0.437. The van der Waals surface area contributed by atoms with Crippen LogP contribution < -0.4 is 5.32 Å². The maximum atomic E-state index is 3.82. The van der Waals surface area contributed by atoms with E-state index in [1.54, 1.807) is 5.56 Å². The molecule has 2 fully saturated rings. The Labute approximate surface area is 117 Å². The van der Waals surface area contributed by atoms with Gasteiger partial charge in [0, 0.05) is 11.5 Å². The first-order chi connectivity index (χ1) is 9.35. The van der Waals surface area contributed by atoms with Gasteiger partial charge in [-0.05, 0) is 37.3 Å². The maximum absolute atomic E-state index is 3.82. The minimum absolute atomic E-state index is 0.437. The quantitative estimate of drug-likeness (QED) is 0.802. The Morgan fingerprint density at radius 1 is 1.16 bits per heavy atom. The second kappa shape index (κ2) is 5.66. The SMILES string of the molecule is CCNC(CC1CCC1)C1(c2ccccc2)CCC1. The zero-order chi connectivity index (χ0) is 13.1. The Morgan fingerprint density at radius 3 is 2.37 bits per heavy atom. The predicted molar refractivity (Wildman–Crippen MR) is 81.4 cm³/mol. The second-order valence-electron chi connectivity index (χ2n) is 6.52. The van der Waals surface area contributed by atoms with Gasteiger partial charge in [-0.1, -0.05) is 62.9 Å². The first-order valence-electron chi connectivity index (χ1n) is 8.14. The van der Waals surface area contributed by atoms with Gasteiger partial charge in [0.05, 0.1) is 0 Å². The van der Waals surface area contributed by atoms with Crippen LogP contribution in [-0.4, -0.2) is 12.6 Å². The highest BCUT2D eigenvalue weighted by molar-refractivity contribution is 5.30. The zero-order valence-corrected chi connectivity index (χ0v) is 12.2. The van der Waals surface area contributed by atoms with Crippen molar-refractivity contribution < 1.29 is 0 Å². The zero-order valence-electron chi connectivity index (χ0n) is 12.2. The molecule has 1 N–H and O–H groups in total. The molecule has 2 saturated carbocycles. The third-order valence-electron chi connectivity index (χ3n) is 5.51. The summed E-state index contributed by atoms with van der Waals surface area (Å²) in [5, 5.41) is 3.82. The number of rotatable bonds is 6. The molecule has 3 rings (SSSR count). The van der Waals surface area contributed by atoms with E-state index in [9.17, 15) is 0 Å². The number of likely N-dealkylation sites (N-methyl/N-ethyl adjacent to an activating group) is 1. The van der Waals surface area contributed by atoms with Gasteiger partial charge in [0.1, 0.15) is 0 Å². The molecule has 104 valence electrons. The van der Waals surface area contributed by atoms with Crippen LogP contribution in [0.4, 0.5) is 0 Å². The Bertz CT molecular complexity index is 389. The van der Waals surface area contributed by atoms with Crippen molar-refractivity contribution in [3.63, 3.8) is 0 Å². The fourth-order valence-electron chi connectivity index (χ4n) is 3.98. The number of hydrogen-bond acceptors (Lipinski definition) is 1. The van der Waals surface area contributed by atoms with Crippen LogP contribution in [0.15, 0.2) is 30.3 Å². The standard InChI is InChI=1S/C18H27N/c1-2-19-17(14-15-8-6-9-15)18(12-7-13-18)16-10-4-3-5-11-16/h3-5,10-11,15,17,19H,2,6-9,12-14H2,1H3. The van der Waals surface area contributed by atoms with E-state index in [2.05, 4.69) is 42.6 Å². The lowest BCUT2D eigenvalue weighted by molar-refractivity contribution is 0.130. The minimum Gasteiger partial charge on any atom is -0.313 e. The summed E-state index contributed by atoms with van der Waals surface area (Å²) in [6.45, 7) is 3.36. The van der Waals surface area contributed by atoms with Crippen LogP contribution in [0.1, 0.15) is 57.4 Å². The molecule has 1 heteroatoms. The smallest absolute Gasteiger partial charge is 0.0166 e. The van der Waals surface area contributed by atoms with Crippen LogP contribution in [0.25, 0.3) is 0 Å². The summed E-state index contributed by atoms with van der Waals surface area (Å²) < 4.78 is 0. The molecule has 0 spiro atoms. The van der Waals surface area contributed by atoms with Crippen molar-refractivity contribution in [2.24, 2.45) is 5.92 Å². The average Bonchev–Trinajstić information content (AvgIpc) is 2.33. The fraction of sp³-hybridized carbons (Fsp3) is 0.667. The monoisotopic (exact) mass is 257 g/mol. The lowest BCUT2D eigenvalue weighted by Gasteiger charge is -2.50. The van der Waals surface area contributed by atoms with E-state index in [0.717, 1.165) is 12.5 Å². The van der Waals surface area contributed by atoms with Crippen molar-refractivity contribution in [2.45, 2.75) is 63.3 Å². The van der Waals surface area contributed by atoms with Crippen molar-refractivity contribution >= 4 is 0 Å². The predicted octanol–water partition coefficient (Wildman–Crippen LogP) is 4.28. The van der Waals surface area contributed by atoms with E-state index in [1.807, 2.05) is 0 Å². The summed E-state index contributed by atoms with van der Waals surface area (Å²) >= 11 is 0. The molecule has 2 aliphatic carbocycles. The van der Waals surface area contributed by atoms with Crippen molar-refractivity contribution in [1.82, 2.24) is 5.32 Å². The molecule has 2 aliphatic rings. The summed E-state index contributed by atoms with van der Waals surface area (Å²) in [5.74, 6) is 0.991. The van der Waals surface area contributed by atoms with Gasteiger partial charge in [0.25, 0.3) is 0 Å². The molecule has 0 saturated heterocycles. The van der Waals surface area contributed by atoms with Gasteiger partial charge in [0.15, 0.2) is 0 Å². The molecule has 0 aromatic heterocycles. The highest BCUT2D eigenvalue weighted by Crippen LogP contribution is 2.49. The third-order valence-corrected chi connectivity index (χ3v) is 5.51. The molecule has 0 radical (unpaired) electrons. The lowest BCUT2D eigenvalue weighted by atomic mass is 9.58.